The summed E-state index contributed by atoms with van der Waals surface area (Å²) in [4.78, 5) is 288. The molecule has 2 heterocycles. The number of ketones is 1. The fraction of sp³-hybridized carbons (Fsp3) is 0.478. The molecular weight excluding hydrogens is 1520 g/mol. The number of ether oxygens (including phenoxy) is 3. The third-order valence-electron chi connectivity index (χ3n) is 16.3. The lowest BCUT2D eigenvalue weighted by Gasteiger charge is -2.30. The van der Waals surface area contributed by atoms with E-state index in [9.17, 15) is 121 Å². The summed E-state index contributed by atoms with van der Waals surface area (Å²) in [5.74, 6) is -30.6. The van der Waals surface area contributed by atoms with Crippen LogP contribution in [0.1, 0.15) is 102 Å². The fourth-order valence-corrected chi connectivity index (χ4v) is 10.9. The summed E-state index contributed by atoms with van der Waals surface area (Å²) in [5, 5.41) is 67.9. The van der Waals surface area contributed by atoms with Crippen molar-refractivity contribution in [2.24, 2.45) is 17.4 Å². The maximum absolute atomic E-state index is 14.9. The molecule has 0 radical (unpaired) electrons. The number of cyclic esters (lactones) is 1. The average Bonchev–Trinajstić information content (AvgIpc) is 1.79. The van der Waals surface area contributed by atoms with Crippen LogP contribution in [0.5, 0.6) is 0 Å². The summed E-state index contributed by atoms with van der Waals surface area (Å²) in [5.41, 5.74) is 16.7. The predicted octanol–water partition coefficient (Wildman–Crippen LogP) is -7.31. The number of hydrogen-bond acceptors (Lipinski definition) is 27. The van der Waals surface area contributed by atoms with E-state index in [-0.39, 0.29) is 30.6 Å². The molecule has 24 N–H and O–H groups in total. The van der Waals surface area contributed by atoms with Gasteiger partial charge in [0.2, 0.25) is 82.7 Å². The number of aromatic nitrogens is 1. The van der Waals surface area contributed by atoms with Crippen molar-refractivity contribution >= 4 is 154 Å². The zero-order chi connectivity index (χ0) is 84.7. The number of nitrogens with two attached hydrogens (primary N) is 3. The summed E-state index contributed by atoms with van der Waals surface area (Å²) >= 11 is 3.90. The minimum atomic E-state index is -2.48. The molecule has 14 amide bonds. The van der Waals surface area contributed by atoms with Gasteiger partial charge in [-0.3, -0.25) is 91.1 Å². The zero-order valence-electron chi connectivity index (χ0n) is 61.2. The molecule has 46 heteroatoms. The quantitative estimate of drug-likeness (QED) is 0.0101. The van der Waals surface area contributed by atoms with E-state index >= 15 is 0 Å². The number of Topliss-reactive ketones (excluding diaryl/α,β-unsaturated/α-hetero) is 1. The number of carbonyl (C=O) groups excluding carboxylic acids is 17. The van der Waals surface area contributed by atoms with Gasteiger partial charge in [0.25, 0.3) is 0 Å². The molecular formula is C67H89N17O28S. The highest BCUT2D eigenvalue weighted by atomic mass is 32.1. The number of nitrogens with one attached hydrogen (secondary N) is 14. The molecule has 4 rings (SSSR count). The second kappa shape index (κ2) is 44.6. The Morgan fingerprint density at radius 2 is 1.13 bits per heavy atom. The number of aromatic amines is 1. The smallest absolute Gasteiger partial charge is 0.481 e. The molecule has 1 unspecified atom stereocenters. The Morgan fingerprint density at radius 3 is 1.72 bits per heavy atom. The lowest BCUT2D eigenvalue weighted by molar-refractivity contribution is -0.156. The normalized spacial score (nSPS) is 21.5. The number of benzene rings is 2. The van der Waals surface area contributed by atoms with Crippen LogP contribution in [-0.4, -0.2) is 254 Å². The van der Waals surface area contributed by atoms with Crippen LogP contribution in [0.3, 0.4) is 0 Å². The summed E-state index contributed by atoms with van der Waals surface area (Å²) in [6, 6.07) is -11.2. The van der Waals surface area contributed by atoms with Crippen molar-refractivity contribution in [3.63, 3.8) is 0 Å². The van der Waals surface area contributed by atoms with Gasteiger partial charge in [-0.1, -0.05) is 37.3 Å². The van der Waals surface area contributed by atoms with Gasteiger partial charge >= 0.3 is 36.0 Å². The monoisotopic (exact) mass is 1610 g/mol. The molecule has 0 bridgehead atoms. The van der Waals surface area contributed by atoms with Crippen molar-refractivity contribution in [1.82, 2.24) is 74.1 Å². The van der Waals surface area contributed by atoms with Gasteiger partial charge in [0.1, 0.15) is 84.6 Å². The molecule has 14 atom stereocenters. The van der Waals surface area contributed by atoms with Gasteiger partial charge in [-0.25, -0.2) is 9.59 Å². The first kappa shape index (κ1) is 92.3. The number of fused-ring (bicyclic) bond motifs is 1. The van der Waals surface area contributed by atoms with Crippen LogP contribution in [0.4, 0.5) is 10.5 Å². The number of esters is 1. The van der Waals surface area contributed by atoms with E-state index in [1.54, 1.807) is 24.3 Å². The highest BCUT2D eigenvalue weighted by Crippen LogP contribution is 2.21. The lowest BCUT2D eigenvalue weighted by Crippen LogP contribution is -2.62. The molecule has 1 aliphatic heterocycles. The van der Waals surface area contributed by atoms with Gasteiger partial charge < -0.3 is 126 Å². The van der Waals surface area contributed by atoms with Crippen LogP contribution in [-0.2, 0) is 112 Å². The van der Waals surface area contributed by atoms with Gasteiger partial charge in [0.05, 0.1) is 45.2 Å². The van der Waals surface area contributed by atoms with Gasteiger partial charge in [0, 0.05) is 48.1 Å². The van der Waals surface area contributed by atoms with Crippen LogP contribution in [0.2, 0.25) is 0 Å². The molecule has 2 aromatic carbocycles. The van der Waals surface area contributed by atoms with Crippen LogP contribution in [0, 0.1) is 5.92 Å². The van der Waals surface area contributed by atoms with E-state index in [0.29, 0.717) is 16.5 Å². The molecule has 0 aliphatic carbocycles. The minimum Gasteiger partial charge on any atom is -0.481 e. The summed E-state index contributed by atoms with van der Waals surface area (Å²) < 4.78 is 15.5. The number of aliphatic carboxylic acids is 4. The second-order valence-electron chi connectivity index (χ2n) is 25.6. The minimum absolute atomic E-state index is 0.107. The summed E-state index contributed by atoms with van der Waals surface area (Å²) in [7, 11) is 0. The van der Waals surface area contributed by atoms with Crippen LogP contribution < -0.4 is 86.3 Å². The van der Waals surface area contributed by atoms with Crippen LogP contribution >= 0.6 is 12.6 Å². The average molecular weight is 1610 g/mol. The Labute approximate surface area is 646 Å². The number of H-pyrrole nitrogens is 1. The fourth-order valence-electron chi connectivity index (χ4n) is 10.8. The van der Waals surface area contributed by atoms with Crippen molar-refractivity contribution in [3.05, 3.63) is 65.9 Å². The number of carboxylic acids is 4. The lowest BCUT2D eigenvalue weighted by atomic mass is 9.96. The first-order chi connectivity index (χ1) is 53.1. The van der Waals surface area contributed by atoms with Crippen molar-refractivity contribution in [1.29, 1.82) is 0 Å². The number of hydrogen-bond donors (Lipinski definition) is 22. The molecule has 1 fully saturated rings. The first-order valence-electron chi connectivity index (χ1n) is 34.4. The number of carboxylic acid groups (broad SMARTS) is 4. The van der Waals surface area contributed by atoms with Gasteiger partial charge in [0.15, 0.2) is 5.78 Å². The molecule has 1 saturated heterocycles. The van der Waals surface area contributed by atoms with Gasteiger partial charge in [-0.15, -0.1) is 12.6 Å². The number of anilines is 1. The standard InChI is InChI=1S/C67H89N17O28S/c1-28(17-50(90)91)54-65(107)82-44(19-46(86)35-12-6-8-13-36(35)69)66(108)111-30(3)55(84-62(104)43(23-53(96)97)81-61(103)40(20-47(70)87)79-60(102)39(75-31(4)85)18-33-24-71-37-14-9-7-11-34(33)37)64(106)73-26-48(88)76-38(15-10-16-68)58(100)80-42(22-52(94)95)59(101)74-29(2)56(98)78-41(21-51(92)93)57(99)72-25-49(89)77-45(63(105)83-54)27-110-67(109)112-32(5)113/h6-9,11-14,24,28-30,32,38-45,54-55,71,113H,10,15-23,25-27,68-69H2,1-5H3,(H2,70,87)(H,72,99)(H,73,106)(H,74,101)(H,75,85)(H,76,88)(H,77,89)(H,78,98)(H,79,102)(H,80,100)(H,81,103)(H,82,107)(H,83,105)(H,84,104)(H,90,91)(H,92,93)(H,94,95)(H,96,97)/t28-,29+,30+,32?,38-,39-,40+,41-,42-,43-,44-,45+,54-,55-/m0/s1. The van der Waals surface area contributed by atoms with Crippen LogP contribution in [0.15, 0.2) is 54.7 Å². The number of nitrogen functional groups attached to an aromatic ring is 1. The van der Waals surface area contributed by atoms with E-state index in [2.05, 4.69) is 70.8 Å². The highest BCUT2D eigenvalue weighted by Gasteiger charge is 2.41. The molecule has 1 aromatic heterocycles. The number of thiol groups is 1. The van der Waals surface area contributed by atoms with Crippen molar-refractivity contribution in [3.8, 4) is 0 Å². The van der Waals surface area contributed by atoms with E-state index in [1.165, 1.54) is 37.4 Å². The van der Waals surface area contributed by atoms with Gasteiger partial charge in [-0.2, -0.15) is 0 Å². The number of amides is 14. The van der Waals surface area contributed by atoms with E-state index in [1.807, 2.05) is 16.0 Å². The van der Waals surface area contributed by atoms with E-state index in [0.717, 1.165) is 27.7 Å². The molecule has 3 aromatic rings. The Hall–Kier alpha value is -13.0. The largest absolute Gasteiger partial charge is 0.509 e. The number of rotatable bonds is 29. The Kier molecular flexibility index (Phi) is 36.4. The zero-order valence-corrected chi connectivity index (χ0v) is 62.1. The van der Waals surface area contributed by atoms with E-state index in [4.69, 9.17) is 31.4 Å². The third-order valence-corrected chi connectivity index (χ3v) is 16.5. The Morgan fingerprint density at radius 1 is 0.593 bits per heavy atom. The number of para-hydroxylation sites is 2. The first-order valence-corrected chi connectivity index (χ1v) is 34.9. The van der Waals surface area contributed by atoms with Crippen molar-refractivity contribution in [2.45, 2.75) is 170 Å². The van der Waals surface area contributed by atoms with Crippen molar-refractivity contribution in [2.75, 3.05) is 32.0 Å². The highest BCUT2D eigenvalue weighted by molar-refractivity contribution is 7.80. The maximum atomic E-state index is 14.9. The third kappa shape index (κ3) is 31.1. The van der Waals surface area contributed by atoms with Crippen LogP contribution in [0.25, 0.3) is 10.9 Å². The molecule has 113 heavy (non-hydrogen) atoms. The molecule has 0 saturated carbocycles. The molecule has 1 aliphatic rings. The Balaban J connectivity index is 1.93. The molecule has 0 spiro atoms. The maximum Gasteiger partial charge on any atom is 0.509 e. The van der Waals surface area contributed by atoms with Gasteiger partial charge in [-0.05, 0) is 69.8 Å². The topological polar surface area (TPSA) is 717 Å². The molecule has 45 nitrogen and oxygen atoms in total. The number of carbonyl (C=O) groups is 21. The number of primary amides is 1. The summed E-state index contributed by atoms with van der Waals surface area (Å²) in [6.45, 7) is 1.26. The SMILES string of the molecule is CC(=O)N[C@@H](Cc1c[nH]c2ccccc12)C(=O)N[C@H](CC(N)=O)C(=O)N[C@@H](CC(=O)O)C(=O)N[C@@H]1C(=O)NCC(=O)N[C@@H](CCCN)C(=O)N[C@@H](CC(=O)O)C(=O)N[C@H](C)C(=O)N[C@@H](CC(=O)O)C(=O)NCC(=O)N[C@H](COC(=O)OC(C)S)C(=O)N[C@@H]([C@@H](C)CC(=O)O)C(=O)N[C@@H](CC(=O)c2ccccc2N)C(=O)O[C@@H]1C. The predicted molar refractivity (Wildman–Crippen MR) is 387 cm³/mol. The molecule has 616 valence electrons. The van der Waals surface area contributed by atoms with E-state index < -0.39 is 273 Å². The second-order valence-corrected chi connectivity index (χ2v) is 26.3. The van der Waals surface area contributed by atoms with Crippen molar-refractivity contribution < 1.29 is 135 Å². The Bertz CT molecular complexity index is 4100. The summed E-state index contributed by atoms with van der Waals surface area (Å²) in [6.07, 6.45) is -10.2.